The summed E-state index contributed by atoms with van der Waals surface area (Å²) in [5.74, 6) is 0.965. The Morgan fingerprint density at radius 1 is 1.42 bits per heavy atom. The molecule has 0 saturated heterocycles. The zero-order valence-corrected chi connectivity index (χ0v) is 11.7. The zero-order chi connectivity index (χ0) is 13.7. The Morgan fingerprint density at radius 3 is 3.00 bits per heavy atom. The molecular formula is C14H18ClNO3. The predicted octanol–water partition coefficient (Wildman–Crippen LogP) is 2.60. The number of ether oxygens (including phenoxy) is 2. The van der Waals surface area contributed by atoms with Gasteiger partial charge in [0.2, 0.25) is 0 Å². The monoisotopic (exact) mass is 283 g/mol. The lowest BCUT2D eigenvalue weighted by molar-refractivity contribution is 0.0942. The van der Waals surface area contributed by atoms with Gasteiger partial charge >= 0.3 is 0 Å². The fraction of sp³-hybridized carbons (Fsp3) is 0.500. The van der Waals surface area contributed by atoms with E-state index in [2.05, 4.69) is 12.2 Å². The molecule has 1 unspecified atom stereocenters. The number of hydrogen-bond donors (Lipinski definition) is 1. The van der Waals surface area contributed by atoms with Crippen LogP contribution in [0.2, 0.25) is 0 Å². The summed E-state index contributed by atoms with van der Waals surface area (Å²) >= 11 is 6.09. The molecule has 19 heavy (non-hydrogen) atoms. The summed E-state index contributed by atoms with van der Waals surface area (Å²) in [6.07, 6.45) is 1.88. The number of hydrogen-bond acceptors (Lipinski definition) is 3. The molecule has 0 radical (unpaired) electrons. The fourth-order valence-corrected chi connectivity index (χ4v) is 2.26. The van der Waals surface area contributed by atoms with Crippen LogP contribution in [0, 0.1) is 0 Å². The van der Waals surface area contributed by atoms with Gasteiger partial charge in [-0.15, -0.1) is 11.6 Å². The van der Waals surface area contributed by atoms with E-state index in [1.54, 1.807) is 18.2 Å². The van der Waals surface area contributed by atoms with Gasteiger partial charge in [0.05, 0.1) is 10.9 Å². The van der Waals surface area contributed by atoms with E-state index in [0.717, 1.165) is 12.8 Å². The first-order chi connectivity index (χ1) is 9.22. The van der Waals surface area contributed by atoms with Crippen LogP contribution >= 0.6 is 11.6 Å². The van der Waals surface area contributed by atoms with Crippen LogP contribution in [0.15, 0.2) is 18.2 Å². The Bertz CT molecular complexity index is 450. The number of amides is 1. The largest absolute Gasteiger partial charge is 0.486 e. The van der Waals surface area contributed by atoms with Gasteiger partial charge in [-0.3, -0.25) is 4.79 Å². The Kier molecular flexibility index (Phi) is 4.91. The maximum absolute atomic E-state index is 12.1. The normalized spacial score (nSPS) is 14.8. The zero-order valence-electron chi connectivity index (χ0n) is 10.9. The Labute approximate surface area is 118 Å². The first kappa shape index (κ1) is 14.0. The van der Waals surface area contributed by atoms with E-state index in [9.17, 15) is 4.79 Å². The van der Waals surface area contributed by atoms with Crippen LogP contribution < -0.4 is 14.8 Å². The topological polar surface area (TPSA) is 47.6 Å². The number of nitrogens with one attached hydrogen (secondary N) is 1. The molecule has 0 aliphatic carbocycles. The van der Waals surface area contributed by atoms with E-state index >= 15 is 0 Å². The lowest BCUT2D eigenvalue weighted by atomic mass is 10.1. The van der Waals surface area contributed by atoms with Crippen LogP contribution in [-0.2, 0) is 0 Å². The van der Waals surface area contributed by atoms with Crippen molar-refractivity contribution in [3.05, 3.63) is 23.8 Å². The summed E-state index contributed by atoms with van der Waals surface area (Å²) in [5.41, 5.74) is 0.498. The summed E-state index contributed by atoms with van der Waals surface area (Å²) in [6, 6.07) is 5.31. The average Bonchev–Trinajstić information content (AvgIpc) is 2.44. The Balaban J connectivity index is 2.03. The molecule has 1 aromatic carbocycles. The minimum Gasteiger partial charge on any atom is -0.486 e. The van der Waals surface area contributed by atoms with Crippen LogP contribution in [0.4, 0.5) is 0 Å². The molecule has 0 saturated carbocycles. The molecule has 1 atom stereocenters. The van der Waals surface area contributed by atoms with Crippen molar-refractivity contribution >= 4 is 17.5 Å². The second kappa shape index (κ2) is 6.66. The maximum atomic E-state index is 12.1. The van der Waals surface area contributed by atoms with Crippen LogP contribution in [0.1, 0.15) is 30.1 Å². The van der Waals surface area contributed by atoms with Crippen LogP contribution in [0.25, 0.3) is 0 Å². The third kappa shape index (κ3) is 3.53. The smallest absolute Gasteiger partial charge is 0.255 e. The number of carbonyl (C=O) groups excluding carboxylic acids is 1. The third-order valence-electron chi connectivity index (χ3n) is 2.90. The molecule has 0 bridgehead atoms. The Morgan fingerprint density at radius 2 is 2.21 bits per heavy atom. The molecule has 2 rings (SSSR count). The number of benzene rings is 1. The van der Waals surface area contributed by atoms with Crippen molar-refractivity contribution in [2.24, 2.45) is 0 Å². The summed E-state index contributed by atoms with van der Waals surface area (Å²) in [5, 5.41) is 2.79. The molecule has 1 aromatic rings. The molecular weight excluding hydrogens is 266 g/mol. The standard InChI is InChI=1S/C14H18ClNO3/c1-2-4-10(15)9-16-14(17)11-5-3-6-12-13(11)19-8-7-18-12/h3,5-6,10H,2,4,7-9H2,1H3,(H,16,17). The highest BCUT2D eigenvalue weighted by Gasteiger charge is 2.20. The summed E-state index contributed by atoms with van der Waals surface area (Å²) in [7, 11) is 0. The molecule has 1 heterocycles. The van der Waals surface area contributed by atoms with Gasteiger partial charge in [0.15, 0.2) is 11.5 Å². The van der Waals surface area contributed by atoms with Crippen LogP contribution in [-0.4, -0.2) is 31.0 Å². The molecule has 4 nitrogen and oxygen atoms in total. The quantitative estimate of drug-likeness (QED) is 0.845. The van der Waals surface area contributed by atoms with E-state index in [1.165, 1.54) is 0 Å². The van der Waals surface area contributed by atoms with Crippen molar-refractivity contribution in [3.8, 4) is 11.5 Å². The van der Waals surface area contributed by atoms with E-state index in [4.69, 9.17) is 21.1 Å². The first-order valence-corrected chi connectivity index (χ1v) is 6.97. The molecule has 1 aliphatic heterocycles. The summed E-state index contributed by atoms with van der Waals surface area (Å²) in [4.78, 5) is 12.1. The van der Waals surface area contributed by atoms with Crippen molar-refractivity contribution in [1.82, 2.24) is 5.32 Å². The number of carbonyl (C=O) groups is 1. The van der Waals surface area contributed by atoms with Gasteiger partial charge in [-0.2, -0.15) is 0 Å². The maximum Gasteiger partial charge on any atom is 0.255 e. The molecule has 0 aromatic heterocycles. The van der Waals surface area contributed by atoms with Gasteiger partial charge < -0.3 is 14.8 Å². The molecule has 104 valence electrons. The minimum atomic E-state index is -0.177. The summed E-state index contributed by atoms with van der Waals surface area (Å²) < 4.78 is 11.0. The average molecular weight is 284 g/mol. The highest BCUT2D eigenvalue weighted by Crippen LogP contribution is 2.33. The van der Waals surface area contributed by atoms with Crippen molar-refractivity contribution in [2.75, 3.05) is 19.8 Å². The van der Waals surface area contributed by atoms with Gasteiger partial charge in [-0.25, -0.2) is 0 Å². The predicted molar refractivity (Wildman–Crippen MR) is 74.3 cm³/mol. The lowest BCUT2D eigenvalue weighted by Crippen LogP contribution is -2.30. The summed E-state index contributed by atoms with van der Waals surface area (Å²) in [6.45, 7) is 3.50. The molecule has 0 spiro atoms. The SMILES string of the molecule is CCCC(Cl)CNC(=O)c1cccc2c1OCCO2. The second-order valence-electron chi connectivity index (χ2n) is 4.43. The number of rotatable bonds is 5. The van der Waals surface area contributed by atoms with E-state index in [0.29, 0.717) is 36.8 Å². The van der Waals surface area contributed by atoms with Gasteiger partial charge in [0.1, 0.15) is 13.2 Å². The fourth-order valence-electron chi connectivity index (χ4n) is 1.97. The van der Waals surface area contributed by atoms with Gasteiger partial charge in [0.25, 0.3) is 5.91 Å². The van der Waals surface area contributed by atoms with Crippen LogP contribution in [0.3, 0.4) is 0 Å². The molecule has 1 amide bonds. The number of fused-ring (bicyclic) bond motifs is 1. The van der Waals surface area contributed by atoms with Crippen LogP contribution in [0.5, 0.6) is 11.5 Å². The molecule has 1 aliphatic rings. The van der Waals surface area contributed by atoms with Crippen molar-refractivity contribution < 1.29 is 14.3 Å². The van der Waals surface area contributed by atoms with Crippen molar-refractivity contribution in [3.63, 3.8) is 0 Å². The van der Waals surface area contributed by atoms with E-state index < -0.39 is 0 Å². The molecule has 0 fully saturated rings. The van der Waals surface area contributed by atoms with Crippen molar-refractivity contribution in [2.45, 2.75) is 25.1 Å². The highest BCUT2D eigenvalue weighted by molar-refractivity contribution is 6.21. The number of halogens is 1. The van der Waals surface area contributed by atoms with Gasteiger partial charge in [0, 0.05) is 6.54 Å². The first-order valence-electron chi connectivity index (χ1n) is 6.53. The molecule has 1 N–H and O–H groups in total. The highest BCUT2D eigenvalue weighted by atomic mass is 35.5. The van der Waals surface area contributed by atoms with E-state index in [1.807, 2.05) is 0 Å². The number of para-hydroxylation sites is 1. The Hall–Kier alpha value is -1.42. The van der Waals surface area contributed by atoms with E-state index in [-0.39, 0.29) is 11.3 Å². The van der Waals surface area contributed by atoms with Crippen molar-refractivity contribution in [1.29, 1.82) is 0 Å². The molecule has 5 heteroatoms. The minimum absolute atomic E-state index is 0.0364. The van der Waals surface area contributed by atoms with Gasteiger partial charge in [-0.1, -0.05) is 19.4 Å². The second-order valence-corrected chi connectivity index (χ2v) is 5.04. The number of alkyl halides is 1. The third-order valence-corrected chi connectivity index (χ3v) is 3.27. The lowest BCUT2D eigenvalue weighted by Gasteiger charge is -2.20. The van der Waals surface area contributed by atoms with Gasteiger partial charge in [-0.05, 0) is 18.6 Å².